The minimum absolute atomic E-state index is 0.813. The summed E-state index contributed by atoms with van der Waals surface area (Å²) in [6.45, 7) is 0. The van der Waals surface area contributed by atoms with E-state index in [-0.39, 0.29) is 0 Å². The fourth-order valence-corrected chi connectivity index (χ4v) is 3.55. The molecule has 91 valence electrons. The van der Waals surface area contributed by atoms with Crippen molar-refractivity contribution in [2.75, 3.05) is 0 Å². The van der Waals surface area contributed by atoms with E-state index in [4.69, 9.17) is 0 Å². The molecule has 3 aliphatic rings. The molecule has 3 aliphatic carbocycles. The molecule has 0 saturated heterocycles. The van der Waals surface area contributed by atoms with Gasteiger partial charge in [0.1, 0.15) is 0 Å². The summed E-state index contributed by atoms with van der Waals surface area (Å²) in [5.74, 6) is 2.55. The smallest absolute Gasteiger partial charge is 0.0254 e. The Morgan fingerprint density at radius 1 is 0.824 bits per heavy atom. The molecule has 0 aromatic carbocycles. The van der Waals surface area contributed by atoms with E-state index < -0.39 is 0 Å². The molecule has 0 heterocycles. The summed E-state index contributed by atoms with van der Waals surface area (Å²) in [6.07, 6.45) is 21.9. The average molecular weight is 227 g/mol. The molecule has 0 fully saturated rings. The van der Waals surface area contributed by atoms with E-state index in [1.54, 1.807) is 17.1 Å². The Balaban J connectivity index is 1.79. The first-order valence-electron chi connectivity index (χ1n) is 7.36. The highest BCUT2D eigenvalue weighted by Crippen LogP contribution is 2.43. The van der Waals surface area contributed by atoms with Crippen LogP contribution in [0.3, 0.4) is 0 Å². The van der Waals surface area contributed by atoms with E-state index in [0.717, 1.165) is 5.92 Å². The van der Waals surface area contributed by atoms with Crippen LogP contribution in [0.1, 0.15) is 57.8 Å². The maximum absolute atomic E-state index is 2.55. The first kappa shape index (κ1) is 11.3. The van der Waals surface area contributed by atoms with E-state index in [0.29, 0.717) is 0 Å². The van der Waals surface area contributed by atoms with E-state index in [2.05, 4.69) is 24.3 Å². The Bertz CT molecular complexity index is 348. The second kappa shape index (κ2) is 5.25. The highest BCUT2D eigenvalue weighted by molar-refractivity contribution is 5.44. The van der Waals surface area contributed by atoms with Crippen LogP contribution in [0.4, 0.5) is 0 Å². The van der Waals surface area contributed by atoms with Crippen LogP contribution in [0.5, 0.6) is 0 Å². The second-order valence-electron chi connectivity index (χ2n) is 5.65. The van der Waals surface area contributed by atoms with Crippen LogP contribution in [-0.2, 0) is 0 Å². The van der Waals surface area contributed by atoms with Gasteiger partial charge in [-0.25, -0.2) is 0 Å². The Kier molecular flexibility index (Phi) is 3.49. The summed E-state index contributed by atoms with van der Waals surface area (Å²) in [7, 11) is 0. The molecule has 0 aliphatic heterocycles. The van der Waals surface area contributed by atoms with Gasteiger partial charge in [0.2, 0.25) is 0 Å². The predicted octanol–water partition coefficient (Wildman–Crippen LogP) is 5.14. The number of allylic oxidation sites excluding steroid dienone is 6. The largest absolute Gasteiger partial charge is 0.0879 e. The molecule has 0 heteroatoms. The molecule has 0 atom stereocenters. The normalized spacial score (nSPS) is 27.1. The molecular formula is C17H23. The third kappa shape index (κ3) is 2.41. The second-order valence-corrected chi connectivity index (χ2v) is 5.65. The zero-order valence-electron chi connectivity index (χ0n) is 10.8. The lowest BCUT2D eigenvalue weighted by atomic mass is 9.73. The number of hydrogen-bond acceptors (Lipinski definition) is 0. The molecular weight excluding hydrogens is 204 g/mol. The van der Waals surface area contributed by atoms with Crippen LogP contribution < -0.4 is 0 Å². The maximum Gasteiger partial charge on any atom is 0.0254 e. The van der Waals surface area contributed by atoms with E-state index in [1.807, 2.05) is 0 Å². The van der Waals surface area contributed by atoms with Crippen molar-refractivity contribution in [2.24, 2.45) is 5.92 Å². The molecule has 0 amide bonds. The fourth-order valence-electron chi connectivity index (χ4n) is 3.55. The molecule has 0 aromatic heterocycles. The quantitative estimate of drug-likeness (QED) is 0.573. The molecule has 0 unspecified atom stereocenters. The lowest BCUT2D eigenvalue weighted by Crippen LogP contribution is -2.16. The van der Waals surface area contributed by atoms with Gasteiger partial charge >= 0.3 is 0 Å². The average Bonchev–Trinajstić information content (AvgIpc) is 2.94. The molecule has 0 bridgehead atoms. The van der Waals surface area contributed by atoms with Gasteiger partial charge in [-0.15, -0.1) is 0 Å². The summed E-state index contributed by atoms with van der Waals surface area (Å²) < 4.78 is 0. The van der Waals surface area contributed by atoms with Crippen molar-refractivity contribution < 1.29 is 0 Å². The molecule has 0 saturated carbocycles. The zero-order chi connectivity index (χ0) is 11.5. The van der Waals surface area contributed by atoms with Crippen molar-refractivity contribution in [1.29, 1.82) is 0 Å². The van der Waals surface area contributed by atoms with Gasteiger partial charge in [0, 0.05) is 5.92 Å². The van der Waals surface area contributed by atoms with Crippen LogP contribution >= 0.6 is 0 Å². The Morgan fingerprint density at radius 3 is 2.41 bits per heavy atom. The van der Waals surface area contributed by atoms with Gasteiger partial charge in [-0.2, -0.15) is 0 Å². The van der Waals surface area contributed by atoms with Crippen molar-refractivity contribution in [3.05, 3.63) is 41.4 Å². The van der Waals surface area contributed by atoms with Crippen LogP contribution in [0, 0.1) is 11.8 Å². The molecule has 0 N–H and O–H groups in total. The van der Waals surface area contributed by atoms with Crippen molar-refractivity contribution in [3.8, 4) is 0 Å². The zero-order valence-corrected chi connectivity index (χ0v) is 10.8. The number of rotatable bonds is 2. The summed E-state index contributed by atoms with van der Waals surface area (Å²) in [5, 5.41) is 0. The third-order valence-corrected chi connectivity index (χ3v) is 4.47. The van der Waals surface area contributed by atoms with Gasteiger partial charge in [-0.1, -0.05) is 35.5 Å². The lowest BCUT2D eigenvalue weighted by molar-refractivity contribution is 0.587. The maximum atomic E-state index is 2.55. The minimum atomic E-state index is 0.813. The van der Waals surface area contributed by atoms with Crippen molar-refractivity contribution in [3.63, 3.8) is 0 Å². The van der Waals surface area contributed by atoms with Crippen molar-refractivity contribution >= 4 is 0 Å². The number of hydrogen-bond donors (Lipinski definition) is 0. The molecule has 0 nitrogen and oxygen atoms in total. The van der Waals surface area contributed by atoms with Crippen LogP contribution in [0.2, 0.25) is 0 Å². The summed E-state index contributed by atoms with van der Waals surface area (Å²) in [5.41, 5.74) is 3.42. The van der Waals surface area contributed by atoms with Crippen molar-refractivity contribution in [2.45, 2.75) is 57.8 Å². The van der Waals surface area contributed by atoms with Gasteiger partial charge in [0.15, 0.2) is 0 Å². The molecule has 1 radical (unpaired) electrons. The van der Waals surface area contributed by atoms with Gasteiger partial charge < -0.3 is 0 Å². The molecule has 17 heavy (non-hydrogen) atoms. The first-order chi connectivity index (χ1) is 8.45. The van der Waals surface area contributed by atoms with E-state index >= 15 is 0 Å². The summed E-state index contributed by atoms with van der Waals surface area (Å²) in [6, 6.07) is 0. The highest BCUT2D eigenvalue weighted by Gasteiger charge is 2.28. The summed E-state index contributed by atoms with van der Waals surface area (Å²) in [4.78, 5) is 0. The van der Waals surface area contributed by atoms with Gasteiger partial charge in [0.25, 0.3) is 0 Å². The van der Waals surface area contributed by atoms with Gasteiger partial charge in [-0.05, 0) is 63.7 Å². The highest BCUT2D eigenvalue weighted by atomic mass is 14.3. The monoisotopic (exact) mass is 227 g/mol. The lowest BCUT2D eigenvalue weighted by Gasteiger charge is -2.31. The van der Waals surface area contributed by atoms with Crippen LogP contribution in [0.15, 0.2) is 35.5 Å². The SMILES string of the molecule is C1=CCC(C2=CCCC[C]2C2=CCCCC2)C1. The van der Waals surface area contributed by atoms with Crippen molar-refractivity contribution in [1.82, 2.24) is 0 Å². The van der Waals surface area contributed by atoms with E-state index in [1.165, 1.54) is 57.8 Å². The first-order valence-corrected chi connectivity index (χ1v) is 7.36. The standard InChI is InChI=1S/C17H23/c1-2-8-14(9-3-1)16-12-6-7-13-17(16)15-10-4-5-11-15/h4-5,8,13,15H,1-3,6-7,9-12H2. The molecule has 0 aromatic rings. The minimum Gasteiger partial charge on any atom is -0.0879 e. The van der Waals surface area contributed by atoms with Crippen LogP contribution in [-0.4, -0.2) is 0 Å². The predicted molar refractivity (Wildman–Crippen MR) is 73.6 cm³/mol. The van der Waals surface area contributed by atoms with Gasteiger partial charge in [0.05, 0.1) is 0 Å². The fraction of sp³-hybridized carbons (Fsp3) is 0.588. The molecule has 3 rings (SSSR count). The van der Waals surface area contributed by atoms with Crippen LogP contribution in [0.25, 0.3) is 0 Å². The topological polar surface area (TPSA) is 0 Å². The Hall–Kier alpha value is -0.780. The summed E-state index contributed by atoms with van der Waals surface area (Å²) >= 11 is 0. The van der Waals surface area contributed by atoms with E-state index in [9.17, 15) is 0 Å². The van der Waals surface area contributed by atoms with Gasteiger partial charge in [-0.3, -0.25) is 0 Å². The third-order valence-electron chi connectivity index (χ3n) is 4.47. The molecule has 0 spiro atoms. The Morgan fingerprint density at radius 2 is 1.65 bits per heavy atom. The Labute approximate surface area is 105 Å².